The van der Waals surface area contributed by atoms with Crippen molar-refractivity contribution >= 4 is 21.5 Å². The van der Waals surface area contributed by atoms with Gasteiger partial charge in [0.05, 0.1) is 0 Å². The van der Waals surface area contributed by atoms with Crippen LogP contribution >= 0.6 is 0 Å². The zero-order chi connectivity index (χ0) is 12.4. The number of benzene rings is 3. The molecule has 18 heavy (non-hydrogen) atoms. The molecule has 3 rings (SSSR count). The van der Waals surface area contributed by atoms with E-state index in [-0.39, 0.29) is 0 Å². The molecule has 0 aliphatic rings. The molecule has 0 nitrogen and oxygen atoms in total. The zero-order valence-corrected chi connectivity index (χ0v) is 10.8. The van der Waals surface area contributed by atoms with Gasteiger partial charge in [0.25, 0.3) is 0 Å². The lowest BCUT2D eigenvalue weighted by molar-refractivity contribution is 0.796. The van der Waals surface area contributed by atoms with Crippen molar-refractivity contribution in [3.63, 3.8) is 0 Å². The van der Waals surface area contributed by atoms with Crippen LogP contribution in [0.3, 0.4) is 0 Å². The van der Waals surface area contributed by atoms with E-state index in [0.29, 0.717) is 0 Å². The molecule has 0 radical (unpaired) electrons. The van der Waals surface area contributed by atoms with Crippen molar-refractivity contribution in [2.45, 2.75) is 26.2 Å². The topological polar surface area (TPSA) is 0 Å². The van der Waals surface area contributed by atoms with Gasteiger partial charge < -0.3 is 0 Å². The van der Waals surface area contributed by atoms with Crippen LogP contribution in [0, 0.1) is 0 Å². The Bertz CT molecular complexity index is 680. The fraction of sp³-hybridized carbons (Fsp3) is 0.222. The van der Waals surface area contributed by atoms with Crippen molar-refractivity contribution in [3.8, 4) is 0 Å². The van der Waals surface area contributed by atoms with E-state index in [1.54, 1.807) is 0 Å². The Labute approximate surface area is 108 Å². The van der Waals surface area contributed by atoms with E-state index in [2.05, 4.69) is 61.5 Å². The number of rotatable bonds is 3. The van der Waals surface area contributed by atoms with Gasteiger partial charge in [-0.25, -0.2) is 0 Å². The number of fused-ring (bicyclic) bond motifs is 2. The SMILES string of the molecule is CCCCc1ccc2cc3ccccc3cc2c1. The molecule has 0 saturated heterocycles. The Morgan fingerprint density at radius 2 is 1.39 bits per heavy atom. The molecule has 0 saturated carbocycles. The molecule has 3 aromatic rings. The first-order chi connectivity index (χ1) is 8.86. The van der Waals surface area contributed by atoms with Crippen LogP contribution in [0.5, 0.6) is 0 Å². The summed E-state index contributed by atoms with van der Waals surface area (Å²) in [6.07, 6.45) is 3.73. The Morgan fingerprint density at radius 3 is 2.11 bits per heavy atom. The highest BCUT2D eigenvalue weighted by molar-refractivity contribution is 5.98. The highest BCUT2D eigenvalue weighted by Gasteiger charge is 1.99. The summed E-state index contributed by atoms with van der Waals surface area (Å²) in [7, 11) is 0. The molecule has 0 aliphatic heterocycles. The van der Waals surface area contributed by atoms with E-state index >= 15 is 0 Å². The van der Waals surface area contributed by atoms with Crippen molar-refractivity contribution in [2.24, 2.45) is 0 Å². The van der Waals surface area contributed by atoms with Gasteiger partial charge in [0.15, 0.2) is 0 Å². The van der Waals surface area contributed by atoms with Crippen molar-refractivity contribution in [2.75, 3.05) is 0 Å². The summed E-state index contributed by atoms with van der Waals surface area (Å²) < 4.78 is 0. The lowest BCUT2D eigenvalue weighted by Gasteiger charge is -2.05. The molecule has 0 spiro atoms. The molecule has 0 N–H and O–H groups in total. The van der Waals surface area contributed by atoms with Crippen LogP contribution in [-0.4, -0.2) is 0 Å². The van der Waals surface area contributed by atoms with Crippen molar-refractivity contribution in [3.05, 3.63) is 60.2 Å². The second-order valence-electron chi connectivity index (χ2n) is 4.98. The van der Waals surface area contributed by atoms with Gasteiger partial charge >= 0.3 is 0 Å². The Hall–Kier alpha value is -1.82. The maximum atomic E-state index is 2.34. The van der Waals surface area contributed by atoms with E-state index in [1.807, 2.05) is 0 Å². The lowest BCUT2D eigenvalue weighted by Crippen LogP contribution is -1.85. The molecule has 0 aromatic heterocycles. The highest BCUT2D eigenvalue weighted by Crippen LogP contribution is 2.24. The number of hydrogen-bond donors (Lipinski definition) is 0. The fourth-order valence-corrected chi connectivity index (χ4v) is 2.53. The molecule has 0 atom stereocenters. The quantitative estimate of drug-likeness (QED) is 0.537. The van der Waals surface area contributed by atoms with Gasteiger partial charge in [-0.2, -0.15) is 0 Å². The summed E-state index contributed by atoms with van der Waals surface area (Å²) >= 11 is 0. The first-order valence-electron chi connectivity index (χ1n) is 6.78. The minimum absolute atomic E-state index is 1.19. The lowest BCUT2D eigenvalue weighted by atomic mass is 10.00. The molecule has 0 heteroatoms. The van der Waals surface area contributed by atoms with E-state index in [4.69, 9.17) is 0 Å². The van der Waals surface area contributed by atoms with E-state index in [0.717, 1.165) is 0 Å². The average Bonchev–Trinajstić information content (AvgIpc) is 2.42. The van der Waals surface area contributed by atoms with Crippen molar-refractivity contribution in [1.82, 2.24) is 0 Å². The largest absolute Gasteiger partial charge is 0.0654 e. The predicted molar refractivity (Wildman–Crippen MR) is 80.1 cm³/mol. The molecule has 0 fully saturated rings. The summed E-state index contributed by atoms with van der Waals surface area (Å²) in [6.45, 7) is 2.24. The van der Waals surface area contributed by atoms with Gasteiger partial charge in [0.1, 0.15) is 0 Å². The normalized spacial score (nSPS) is 11.2. The van der Waals surface area contributed by atoms with Gasteiger partial charge in [-0.1, -0.05) is 55.8 Å². The van der Waals surface area contributed by atoms with E-state index < -0.39 is 0 Å². The van der Waals surface area contributed by atoms with Crippen LogP contribution in [-0.2, 0) is 6.42 Å². The monoisotopic (exact) mass is 234 g/mol. The number of unbranched alkanes of at least 4 members (excludes halogenated alkanes) is 1. The molecule has 0 aliphatic carbocycles. The van der Waals surface area contributed by atoms with Gasteiger partial charge in [0, 0.05) is 0 Å². The fourth-order valence-electron chi connectivity index (χ4n) is 2.53. The Balaban J connectivity index is 2.12. The van der Waals surface area contributed by atoms with E-state index in [9.17, 15) is 0 Å². The minimum Gasteiger partial charge on any atom is -0.0654 e. The third-order valence-corrected chi connectivity index (χ3v) is 3.59. The first-order valence-corrected chi connectivity index (χ1v) is 6.78. The Morgan fingerprint density at radius 1 is 0.722 bits per heavy atom. The van der Waals surface area contributed by atoms with Crippen LogP contribution in [0.1, 0.15) is 25.3 Å². The maximum Gasteiger partial charge on any atom is -0.0175 e. The Kier molecular flexibility index (Phi) is 3.02. The van der Waals surface area contributed by atoms with Crippen LogP contribution in [0.15, 0.2) is 54.6 Å². The highest BCUT2D eigenvalue weighted by atomic mass is 14.0. The second kappa shape index (κ2) is 4.81. The second-order valence-corrected chi connectivity index (χ2v) is 4.98. The molecule has 90 valence electrons. The van der Waals surface area contributed by atoms with Gasteiger partial charge in [-0.05, 0) is 52.1 Å². The molecule has 0 amide bonds. The first kappa shape index (κ1) is 11.3. The minimum atomic E-state index is 1.19. The average molecular weight is 234 g/mol. The third kappa shape index (κ3) is 2.11. The van der Waals surface area contributed by atoms with Crippen LogP contribution in [0.2, 0.25) is 0 Å². The molecular weight excluding hydrogens is 216 g/mol. The van der Waals surface area contributed by atoms with E-state index in [1.165, 1.54) is 46.4 Å². The van der Waals surface area contributed by atoms with Gasteiger partial charge in [-0.15, -0.1) is 0 Å². The third-order valence-electron chi connectivity index (χ3n) is 3.59. The summed E-state index contributed by atoms with van der Waals surface area (Å²) in [5.41, 5.74) is 1.46. The summed E-state index contributed by atoms with van der Waals surface area (Å²) in [5, 5.41) is 5.36. The summed E-state index contributed by atoms with van der Waals surface area (Å²) in [4.78, 5) is 0. The summed E-state index contributed by atoms with van der Waals surface area (Å²) in [6, 6.07) is 20.0. The van der Waals surface area contributed by atoms with Crippen LogP contribution in [0.4, 0.5) is 0 Å². The number of hydrogen-bond acceptors (Lipinski definition) is 0. The number of aryl methyl sites for hydroxylation is 1. The van der Waals surface area contributed by atoms with Crippen molar-refractivity contribution in [1.29, 1.82) is 0 Å². The molecule has 0 unspecified atom stereocenters. The smallest absolute Gasteiger partial charge is 0.0175 e. The van der Waals surface area contributed by atoms with Gasteiger partial charge in [-0.3, -0.25) is 0 Å². The zero-order valence-electron chi connectivity index (χ0n) is 10.8. The molecule has 3 aromatic carbocycles. The van der Waals surface area contributed by atoms with Crippen LogP contribution < -0.4 is 0 Å². The maximum absolute atomic E-state index is 2.34. The molecular formula is C18H18. The van der Waals surface area contributed by atoms with Crippen LogP contribution in [0.25, 0.3) is 21.5 Å². The molecule has 0 bridgehead atoms. The molecule has 0 heterocycles. The predicted octanol–water partition coefficient (Wildman–Crippen LogP) is 5.34. The van der Waals surface area contributed by atoms with Gasteiger partial charge in [0.2, 0.25) is 0 Å². The van der Waals surface area contributed by atoms with Crippen molar-refractivity contribution < 1.29 is 0 Å². The standard InChI is InChI=1S/C18H18/c1-2-3-6-14-9-10-17-12-15-7-4-5-8-16(15)13-18(17)11-14/h4-5,7-13H,2-3,6H2,1H3. The summed E-state index contributed by atoms with van der Waals surface area (Å²) in [5.74, 6) is 0.